The van der Waals surface area contributed by atoms with Crippen molar-refractivity contribution >= 4 is 0 Å². The van der Waals surface area contributed by atoms with Gasteiger partial charge in [0.25, 0.3) is 0 Å². The molecular weight excluding hydrogens is 256 g/mol. The highest BCUT2D eigenvalue weighted by Gasteiger charge is 2.35. The van der Waals surface area contributed by atoms with Crippen molar-refractivity contribution in [2.24, 2.45) is 5.41 Å². The minimum atomic E-state index is 0.351. The van der Waals surface area contributed by atoms with Crippen molar-refractivity contribution in [2.75, 3.05) is 26.2 Å². The molecular formula is C19H32N2. The Hall–Kier alpha value is -0.860. The maximum absolute atomic E-state index is 3.84. The predicted octanol–water partition coefficient (Wildman–Crippen LogP) is 4.02. The van der Waals surface area contributed by atoms with Gasteiger partial charge in [-0.05, 0) is 62.0 Å². The summed E-state index contributed by atoms with van der Waals surface area (Å²) < 4.78 is 0. The second-order valence-corrected chi connectivity index (χ2v) is 6.95. The van der Waals surface area contributed by atoms with Gasteiger partial charge in [0.1, 0.15) is 0 Å². The summed E-state index contributed by atoms with van der Waals surface area (Å²) in [7, 11) is 0. The van der Waals surface area contributed by atoms with Crippen LogP contribution in [0.15, 0.2) is 24.3 Å². The molecule has 0 heterocycles. The van der Waals surface area contributed by atoms with E-state index in [1.54, 1.807) is 0 Å². The van der Waals surface area contributed by atoms with E-state index in [0.29, 0.717) is 11.5 Å². The van der Waals surface area contributed by atoms with Crippen LogP contribution in [0.3, 0.4) is 0 Å². The molecule has 21 heavy (non-hydrogen) atoms. The Morgan fingerprint density at radius 1 is 1.19 bits per heavy atom. The molecule has 1 aromatic carbocycles. The summed E-state index contributed by atoms with van der Waals surface area (Å²) in [5.41, 5.74) is 3.42. The first-order chi connectivity index (χ1) is 10.1. The standard InChI is InChI=1S/C19H32N2/c1-5-21(6-2)15-9-14-20-18-17-11-8-7-10-16(17)12-13-19(18,3)4/h7-8,10-11,18,20H,5-6,9,12-15H2,1-4H3. The van der Waals surface area contributed by atoms with Crippen LogP contribution >= 0.6 is 0 Å². The Kier molecular flexibility index (Phi) is 5.83. The molecule has 0 bridgehead atoms. The van der Waals surface area contributed by atoms with Crippen molar-refractivity contribution in [3.63, 3.8) is 0 Å². The summed E-state index contributed by atoms with van der Waals surface area (Å²) in [5.74, 6) is 0. The molecule has 0 fully saturated rings. The van der Waals surface area contributed by atoms with Crippen molar-refractivity contribution in [3.05, 3.63) is 35.4 Å². The van der Waals surface area contributed by atoms with E-state index < -0.39 is 0 Å². The average molecular weight is 288 g/mol. The molecule has 0 saturated carbocycles. The van der Waals surface area contributed by atoms with E-state index in [1.807, 2.05) is 0 Å². The topological polar surface area (TPSA) is 15.3 Å². The Balaban J connectivity index is 1.94. The molecule has 0 amide bonds. The van der Waals surface area contributed by atoms with Gasteiger partial charge in [-0.3, -0.25) is 0 Å². The Bertz CT molecular complexity index is 435. The number of fused-ring (bicyclic) bond motifs is 1. The van der Waals surface area contributed by atoms with Gasteiger partial charge < -0.3 is 10.2 Å². The van der Waals surface area contributed by atoms with Crippen LogP contribution in [0.2, 0.25) is 0 Å². The van der Waals surface area contributed by atoms with Gasteiger partial charge in [-0.2, -0.15) is 0 Å². The molecule has 0 spiro atoms. The van der Waals surface area contributed by atoms with Crippen LogP contribution in [-0.4, -0.2) is 31.1 Å². The summed E-state index contributed by atoms with van der Waals surface area (Å²) >= 11 is 0. The Labute approximate surface area is 130 Å². The van der Waals surface area contributed by atoms with Crippen molar-refractivity contribution < 1.29 is 0 Å². The molecule has 1 aliphatic carbocycles. The maximum Gasteiger partial charge on any atom is 0.0374 e. The van der Waals surface area contributed by atoms with E-state index in [1.165, 1.54) is 36.9 Å². The lowest BCUT2D eigenvalue weighted by Gasteiger charge is -2.41. The van der Waals surface area contributed by atoms with Crippen LogP contribution in [0.4, 0.5) is 0 Å². The average Bonchev–Trinajstić information content (AvgIpc) is 2.49. The second-order valence-electron chi connectivity index (χ2n) is 6.95. The van der Waals surface area contributed by atoms with Gasteiger partial charge >= 0.3 is 0 Å². The number of benzene rings is 1. The largest absolute Gasteiger partial charge is 0.309 e. The molecule has 0 aliphatic heterocycles. The van der Waals surface area contributed by atoms with Crippen LogP contribution < -0.4 is 5.32 Å². The third kappa shape index (κ3) is 4.08. The molecule has 0 aromatic heterocycles. The second kappa shape index (κ2) is 7.42. The molecule has 0 saturated heterocycles. The summed E-state index contributed by atoms with van der Waals surface area (Å²) in [6.45, 7) is 13.9. The van der Waals surface area contributed by atoms with Crippen LogP contribution in [0.1, 0.15) is 57.7 Å². The number of hydrogen-bond donors (Lipinski definition) is 1. The van der Waals surface area contributed by atoms with Gasteiger partial charge in [0.05, 0.1) is 0 Å². The maximum atomic E-state index is 3.84. The number of nitrogens with one attached hydrogen (secondary N) is 1. The Morgan fingerprint density at radius 2 is 1.90 bits per heavy atom. The fourth-order valence-corrected chi connectivity index (χ4v) is 3.54. The molecule has 118 valence electrons. The molecule has 0 radical (unpaired) electrons. The van der Waals surface area contributed by atoms with Crippen molar-refractivity contribution in [2.45, 2.75) is 53.0 Å². The van der Waals surface area contributed by atoms with E-state index in [2.05, 4.69) is 62.2 Å². The minimum Gasteiger partial charge on any atom is -0.309 e. The van der Waals surface area contributed by atoms with E-state index in [0.717, 1.165) is 19.6 Å². The molecule has 1 aromatic rings. The monoisotopic (exact) mass is 288 g/mol. The van der Waals surface area contributed by atoms with Crippen LogP contribution in [0.25, 0.3) is 0 Å². The zero-order chi connectivity index (χ0) is 15.3. The highest BCUT2D eigenvalue weighted by atomic mass is 15.1. The van der Waals surface area contributed by atoms with Crippen LogP contribution in [-0.2, 0) is 6.42 Å². The van der Waals surface area contributed by atoms with E-state index in [9.17, 15) is 0 Å². The SMILES string of the molecule is CCN(CC)CCCNC1c2ccccc2CCC1(C)C. The summed E-state index contributed by atoms with van der Waals surface area (Å²) in [4.78, 5) is 2.50. The summed E-state index contributed by atoms with van der Waals surface area (Å²) in [6, 6.07) is 9.48. The van der Waals surface area contributed by atoms with Gasteiger partial charge in [-0.25, -0.2) is 0 Å². The molecule has 1 N–H and O–H groups in total. The molecule has 2 rings (SSSR count). The third-order valence-electron chi connectivity index (χ3n) is 5.08. The van der Waals surface area contributed by atoms with Gasteiger partial charge in [0.15, 0.2) is 0 Å². The number of nitrogens with zero attached hydrogens (tertiary/aromatic N) is 1. The number of aryl methyl sites for hydroxylation is 1. The normalized spacial score (nSPS) is 20.5. The minimum absolute atomic E-state index is 0.351. The Morgan fingerprint density at radius 3 is 2.62 bits per heavy atom. The molecule has 1 unspecified atom stereocenters. The molecule has 1 aliphatic rings. The molecule has 2 nitrogen and oxygen atoms in total. The molecule has 2 heteroatoms. The summed E-state index contributed by atoms with van der Waals surface area (Å²) in [5, 5.41) is 3.84. The van der Waals surface area contributed by atoms with Crippen molar-refractivity contribution in [1.82, 2.24) is 10.2 Å². The van der Waals surface area contributed by atoms with Gasteiger partial charge in [0, 0.05) is 6.04 Å². The van der Waals surface area contributed by atoms with Gasteiger partial charge in [-0.1, -0.05) is 52.0 Å². The number of rotatable bonds is 7. The van der Waals surface area contributed by atoms with Crippen molar-refractivity contribution in [3.8, 4) is 0 Å². The molecule has 1 atom stereocenters. The zero-order valence-electron chi connectivity index (χ0n) is 14.3. The van der Waals surface area contributed by atoms with Gasteiger partial charge in [0.2, 0.25) is 0 Å². The lowest BCUT2D eigenvalue weighted by molar-refractivity contribution is 0.205. The van der Waals surface area contributed by atoms with Gasteiger partial charge in [-0.15, -0.1) is 0 Å². The summed E-state index contributed by atoms with van der Waals surface area (Å²) in [6.07, 6.45) is 3.73. The lowest BCUT2D eigenvalue weighted by atomic mass is 9.70. The first kappa shape index (κ1) is 16.5. The first-order valence-electron chi connectivity index (χ1n) is 8.62. The quantitative estimate of drug-likeness (QED) is 0.762. The van der Waals surface area contributed by atoms with Crippen molar-refractivity contribution in [1.29, 1.82) is 0 Å². The fourth-order valence-electron chi connectivity index (χ4n) is 3.54. The first-order valence-corrected chi connectivity index (χ1v) is 8.62. The van der Waals surface area contributed by atoms with Crippen LogP contribution in [0.5, 0.6) is 0 Å². The number of hydrogen-bond acceptors (Lipinski definition) is 2. The van der Waals surface area contributed by atoms with Crippen LogP contribution in [0, 0.1) is 5.41 Å². The predicted molar refractivity (Wildman–Crippen MR) is 91.7 cm³/mol. The highest BCUT2D eigenvalue weighted by Crippen LogP contribution is 2.43. The highest BCUT2D eigenvalue weighted by molar-refractivity contribution is 5.34. The smallest absolute Gasteiger partial charge is 0.0374 e. The fraction of sp³-hybridized carbons (Fsp3) is 0.684. The van der Waals surface area contributed by atoms with E-state index >= 15 is 0 Å². The zero-order valence-corrected chi connectivity index (χ0v) is 14.3. The lowest BCUT2D eigenvalue weighted by Crippen LogP contribution is -2.39. The van der Waals surface area contributed by atoms with E-state index in [-0.39, 0.29) is 0 Å². The third-order valence-corrected chi connectivity index (χ3v) is 5.08. The van der Waals surface area contributed by atoms with E-state index in [4.69, 9.17) is 0 Å².